The molecule has 0 aliphatic heterocycles. The van der Waals surface area contributed by atoms with E-state index in [0.717, 1.165) is 17.8 Å². The Morgan fingerprint density at radius 3 is 2.89 bits per heavy atom. The molecule has 1 aromatic heterocycles. The second-order valence-corrected chi connectivity index (χ2v) is 4.71. The summed E-state index contributed by atoms with van der Waals surface area (Å²) in [7, 11) is 3.39. The number of methoxy groups -OCH3 is 1. The van der Waals surface area contributed by atoms with Crippen LogP contribution in [-0.4, -0.2) is 42.6 Å². The minimum Gasteiger partial charge on any atom is -0.385 e. The fraction of sp³-hybridized carbons (Fsp3) is 0.571. The number of ether oxygens (including phenoxy) is 1. The number of carbonyl (C=O) groups is 1. The molecule has 0 spiro atoms. The fourth-order valence-corrected chi connectivity index (χ4v) is 1.86. The van der Waals surface area contributed by atoms with E-state index in [2.05, 4.69) is 4.98 Å². The molecule has 0 bridgehead atoms. The van der Waals surface area contributed by atoms with Gasteiger partial charge in [0, 0.05) is 26.5 Å². The normalized spacial score (nSPS) is 12.2. The van der Waals surface area contributed by atoms with Crippen molar-refractivity contribution < 1.29 is 9.53 Å². The number of pyridine rings is 1. The SMILES string of the molecule is COCCCC(N)C(=O)N(C)Cc1cccc(C)n1. The Hall–Kier alpha value is -1.46. The number of aromatic nitrogens is 1. The summed E-state index contributed by atoms with van der Waals surface area (Å²) in [6.45, 7) is 3.05. The molecule has 19 heavy (non-hydrogen) atoms. The van der Waals surface area contributed by atoms with Crippen LogP contribution in [-0.2, 0) is 16.1 Å². The highest BCUT2D eigenvalue weighted by Gasteiger charge is 2.18. The Labute approximate surface area is 114 Å². The van der Waals surface area contributed by atoms with Crippen molar-refractivity contribution in [2.45, 2.75) is 32.4 Å². The minimum atomic E-state index is -0.468. The van der Waals surface area contributed by atoms with Crippen LogP contribution < -0.4 is 5.73 Å². The highest BCUT2D eigenvalue weighted by molar-refractivity contribution is 5.81. The van der Waals surface area contributed by atoms with E-state index < -0.39 is 6.04 Å². The van der Waals surface area contributed by atoms with Gasteiger partial charge in [0.05, 0.1) is 18.3 Å². The van der Waals surface area contributed by atoms with Gasteiger partial charge in [-0.2, -0.15) is 0 Å². The molecule has 0 aliphatic carbocycles. The van der Waals surface area contributed by atoms with Gasteiger partial charge in [0.1, 0.15) is 0 Å². The lowest BCUT2D eigenvalue weighted by molar-refractivity contribution is -0.132. The monoisotopic (exact) mass is 265 g/mol. The van der Waals surface area contributed by atoms with Gasteiger partial charge in [0.2, 0.25) is 5.91 Å². The molecule has 106 valence electrons. The van der Waals surface area contributed by atoms with E-state index in [9.17, 15) is 4.79 Å². The van der Waals surface area contributed by atoms with Gasteiger partial charge in [-0.1, -0.05) is 6.07 Å². The number of rotatable bonds is 7. The van der Waals surface area contributed by atoms with Gasteiger partial charge in [-0.15, -0.1) is 0 Å². The third-order valence-corrected chi connectivity index (χ3v) is 2.90. The van der Waals surface area contributed by atoms with Crippen LogP contribution in [0.5, 0.6) is 0 Å². The van der Waals surface area contributed by atoms with Crippen molar-refractivity contribution in [2.75, 3.05) is 20.8 Å². The third kappa shape index (κ3) is 5.36. The van der Waals surface area contributed by atoms with E-state index in [0.29, 0.717) is 19.6 Å². The molecule has 1 rings (SSSR count). The molecule has 1 aromatic rings. The van der Waals surface area contributed by atoms with Crippen LogP contribution in [0.25, 0.3) is 0 Å². The number of likely N-dealkylation sites (N-methyl/N-ethyl adjacent to an activating group) is 1. The molecule has 0 aromatic carbocycles. The maximum absolute atomic E-state index is 12.1. The van der Waals surface area contributed by atoms with Crippen LogP contribution in [0, 0.1) is 6.92 Å². The first-order valence-electron chi connectivity index (χ1n) is 6.46. The highest BCUT2D eigenvalue weighted by atomic mass is 16.5. The molecule has 1 heterocycles. The molecule has 5 heteroatoms. The molecule has 0 fully saturated rings. The summed E-state index contributed by atoms with van der Waals surface area (Å²) < 4.78 is 4.95. The number of hydrogen-bond acceptors (Lipinski definition) is 4. The van der Waals surface area contributed by atoms with Crippen LogP contribution in [0.1, 0.15) is 24.2 Å². The van der Waals surface area contributed by atoms with Crippen LogP contribution >= 0.6 is 0 Å². The Bertz CT molecular complexity index is 409. The zero-order valence-corrected chi connectivity index (χ0v) is 11.9. The van der Waals surface area contributed by atoms with Crippen molar-refractivity contribution in [1.82, 2.24) is 9.88 Å². The molecule has 2 N–H and O–H groups in total. The molecule has 1 amide bonds. The molecular formula is C14H23N3O2. The van der Waals surface area contributed by atoms with Crippen molar-refractivity contribution in [3.05, 3.63) is 29.6 Å². The van der Waals surface area contributed by atoms with E-state index in [-0.39, 0.29) is 5.91 Å². The molecule has 0 saturated carbocycles. The summed E-state index contributed by atoms with van der Waals surface area (Å²) in [4.78, 5) is 18.1. The van der Waals surface area contributed by atoms with Gasteiger partial charge in [-0.05, 0) is 31.9 Å². The highest BCUT2D eigenvalue weighted by Crippen LogP contribution is 2.05. The molecular weight excluding hydrogens is 242 g/mol. The van der Waals surface area contributed by atoms with E-state index >= 15 is 0 Å². The average molecular weight is 265 g/mol. The number of nitrogens with zero attached hydrogens (tertiary/aromatic N) is 2. The van der Waals surface area contributed by atoms with E-state index in [1.54, 1.807) is 19.1 Å². The first-order valence-corrected chi connectivity index (χ1v) is 6.46. The topological polar surface area (TPSA) is 68.5 Å². The van der Waals surface area contributed by atoms with Gasteiger partial charge in [-0.3, -0.25) is 9.78 Å². The molecule has 1 unspecified atom stereocenters. The van der Waals surface area contributed by atoms with E-state index in [1.165, 1.54) is 0 Å². The zero-order valence-electron chi connectivity index (χ0n) is 11.9. The lowest BCUT2D eigenvalue weighted by Gasteiger charge is -2.21. The number of aryl methyl sites for hydroxylation is 1. The average Bonchev–Trinajstić information content (AvgIpc) is 2.38. The predicted molar refractivity (Wildman–Crippen MR) is 74.5 cm³/mol. The summed E-state index contributed by atoms with van der Waals surface area (Å²) in [5.74, 6) is -0.0561. The Kier molecular flexibility index (Phi) is 6.45. The van der Waals surface area contributed by atoms with Crippen molar-refractivity contribution in [3.8, 4) is 0 Å². The second-order valence-electron chi connectivity index (χ2n) is 4.71. The quantitative estimate of drug-likeness (QED) is 0.750. The smallest absolute Gasteiger partial charge is 0.239 e. The minimum absolute atomic E-state index is 0.0561. The van der Waals surface area contributed by atoms with Gasteiger partial charge in [-0.25, -0.2) is 0 Å². The van der Waals surface area contributed by atoms with Crippen LogP contribution in [0.2, 0.25) is 0 Å². The first-order chi connectivity index (χ1) is 9.04. The largest absolute Gasteiger partial charge is 0.385 e. The first kappa shape index (κ1) is 15.6. The molecule has 1 atom stereocenters. The molecule has 0 radical (unpaired) electrons. The van der Waals surface area contributed by atoms with Crippen LogP contribution in [0.4, 0.5) is 0 Å². The van der Waals surface area contributed by atoms with Crippen LogP contribution in [0.15, 0.2) is 18.2 Å². The maximum atomic E-state index is 12.1. The number of amides is 1. The summed E-state index contributed by atoms with van der Waals surface area (Å²) in [5.41, 5.74) is 7.70. The van der Waals surface area contributed by atoms with Gasteiger partial charge < -0.3 is 15.4 Å². The summed E-state index contributed by atoms with van der Waals surface area (Å²) in [6, 6.07) is 5.31. The maximum Gasteiger partial charge on any atom is 0.239 e. The third-order valence-electron chi connectivity index (χ3n) is 2.90. The van der Waals surface area contributed by atoms with Crippen molar-refractivity contribution in [3.63, 3.8) is 0 Å². The lowest BCUT2D eigenvalue weighted by atomic mass is 10.1. The Balaban J connectivity index is 2.48. The Morgan fingerprint density at radius 1 is 1.53 bits per heavy atom. The summed E-state index contributed by atoms with van der Waals surface area (Å²) in [5, 5.41) is 0. The van der Waals surface area contributed by atoms with Crippen LogP contribution in [0.3, 0.4) is 0 Å². The predicted octanol–water partition coefficient (Wildman–Crippen LogP) is 1.10. The lowest BCUT2D eigenvalue weighted by Crippen LogP contribution is -2.41. The van der Waals surface area contributed by atoms with Crippen molar-refractivity contribution in [1.29, 1.82) is 0 Å². The van der Waals surface area contributed by atoms with Crippen molar-refractivity contribution >= 4 is 5.91 Å². The number of hydrogen-bond donors (Lipinski definition) is 1. The van der Waals surface area contributed by atoms with Gasteiger partial charge in [0.25, 0.3) is 0 Å². The van der Waals surface area contributed by atoms with Crippen molar-refractivity contribution in [2.24, 2.45) is 5.73 Å². The molecule has 0 saturated heterocycles. The summed E-state index contributed by atoms with van der Waals surface area (Å²) >= 11 is 0. The number of carbonyl (C=O) groups excluding carboxylic acids is 1. The zero-order chi connectivity index (χ0) is 14.3. The van der Waals surface area contributed by atoms with Gasteiger partial charge >= 0.3 is 0 Å². The van der Waals surface area contributed by atoms with E-state index in [4.69, 9.17) is 10.5 Å². The standard InChI is InChI=1S/C14H23N3O2/c1-11-6-4-7-12(16-11)10-17(2)14(18)13(15)8-5-9-19-3/h4,6-7,13H,5,8-10,15H2,1-3H3. The fourth-order valence-electron chi connectivity index (χ4n) is 1.86. The van der Waals surface area contributed by atoms with E-state index in [1.807, 2.05) is 25.1 Å². The summed E-state index contributed by atoms with van der Waals surface area (Å²) in [6.07, 6.45) is 1.43. The Morgan fingerprint density at radius 2 is 2.26 bits per heavy atom. The molecule has 0 aliphatic rings. The number of nitrogens with two attached hydrogens (primary N) is 1. The van der Waals surface area contributed by atoms with Gasteiger partial charge in [0.15, 0.2) is 0 Å². The second kappa shape index (κ2) is 7.86. The molecule has 5 nitrogen and oxygen atoms in total.